The molecule has 0 aliphatic carbocycles. The average molecular weight is 394 g/mol. The van der Waals surface area contributed by atoms with Gasteiger partial charge in [-0.2, -0.15) is 0 Å². The minimum absolute atomic E-state index is 0.0838. The molecule has 0 aliphatic heterocycles. The Kier molecular flexibility index (Phi) is 11.4. The quantitative estimate of drug-likeness (QED) is 0.217. The Hall–Kier alpha value is -2.52. The molecule has 0 N–H and O–H groups in total. The van der Waals surface area contributed by atoms with Crippen molar-refractivity contribution in [3.8, 4) is 0 Å². The lowest BCUT2D eigenvalue weighted by molar-refractivity contribution is -0.166. The number of ether oxygens (including phenoxy) is 6. The van der Waals surface area contributed by atoms with Crippen LogP contribution >= 0.6 is 0 Å². The highest BCUT2D eigenvalue weighted by Crippen LogP contribution is 2.17. The fourth-order valence-corrected chi connectivity index (χ4v) is 2.19. The minimum Gasteiger partial charge on any atom is -0.466 e. The van der Waals surface area contributed by atoms with Gasteiger partial charge in [0.2, 0.25) is 0 Å². The Morgan fingerprint density at radius 3 is 2.21 bits per heavy atom. The van der Waals surface area contributed by atoms with Crippen LogP contribution in [0.4, 0.5) is 0 Å². The van der Waals surface area contributed by atoms with Crippen molar-refractivity contribution in [2.45, 2.75) is 18.3 Å². The van der Waals surface area contributed by atoms with Crippen molar-refractivity contribution in [3.05, 3.63) is 60.7 Å². The van der Waals surface area contributed by atoms with Crippen LogP contribution in [0.1, 0.15) is 10.4 Å². The third kappa shape index (κ3) is 8.01. The molecule has 0 heterocycles. The van der Waals surface area contributed by atoms with Crippen molar-refractivity contribution in [1.82, 2.24) is 0 Å². The van der Waals surface area contributed by atoms with Gasteiger partial charge in [0.05, 0.1) is 12.7 Å². The van der Waals surface area contributed by atoms with E-state index in [0.29, 0.717) is 5.56 Å². The van der Waals surface area contributed by atoms with Crippen molar-refractivity contribution in [3.63, 3.8) is 0 Å². The molecule has 0 spiro atoms. The van der Waals surface area contributed by atoms with Gasteiger partial charge in [0.1, 0.15) is 31.9 Å². The molecule has 0 bridgehead atoms. The summed E-state index contributed by atoms with van der Waals surface area (Å²) in [5, 5.41) is 0. The molecule has 8 heteroatoms. The summed E-state index contributed by atoms with van der Waals surface area (Å²) < 4.78 is 31.2. The molecule has 0 aromatic heterocycles. The SMILES string of the molecule is C=C[C@@H](OC(=O)c1ccccc1)[C@H](OCOC)[C@H](/C=C/C(=O)OC)OCOC. The highest BCUT2D eigenvalue weighted by Gasteiger charge is 2.31. The van der Waals surface area contributed by atoms with Crippen LogP contribution in [0, 0.1) is 0 Å². The van der Waals surface area contributed by atoms with E-state index in [-0.39, 0.29) is 13.6 Å². The lowest BCUT2D eigenvalue weighted by atomic mass is 10.1. The monoisotopic (exact) mass is 394 g/mol. The predicted octanol–water partition coefficient (Wildman–Crippen LogP) is 2.11. The number of carbonyl (C=O) groups is 2. The minimum atomic E-state index is -0.896. The second-order valence-corrected chi connectivity index (χ2v) is 5.43. The van der Waals surface area contributed by atoms with Crippen LogP contribution in [0.15, 0.2) is 55.1 Å². The highest BCUT2D eigenvalue weighted by atomic mass is 16.7. The van der Waals surface area contributed by atoms with E-state index >= 15 is 0 Å². The number of benzene rings is 1. The van der Waals surface area contributed by atoms with Crippen LogP contribution in [0.5, 0.6) is 0 Å². The van der Waals surface area contributed by atoms with Gasteiger partial charge in [-0.3, -0.25) is 0 Å². The normalized spacial score (nSPS) is 14.2. The van der Waals surface area contributed by atoms with Crippen LogP contribution in [0.3, 0.4) is 0 Å². The van der Waals surface area contributed by atoms with E-state index < -0.39 is 30.3 Å². The van der Waals surface area contributed by atoms with Crippen molar-refractivity contribution < 1.29 is 38.0 Å². The van der Waals surface area contributed by atoms with E-state index in [1.165, 1.54) is 39.6 Å². The zero-order chi connectivity index (χ0) is 20.8. The molecule has 0 unspecified atom stereocenters. The van der Waals surface area contributed by atoms with Gasteiger partial charge in [0.25, 0.3) is 0 Å². The highest BCUT2D eigenvalue weighted by molar-refractivity contribution is 5.89. The number of esters is 2. The molecule has 0 saturated heterocycles. The smallest absolute Gasteiger partial charge is 0.338 e. The van der Waals surface area contributed by atoms with E-state index in [4.69, 9.17) is 23.7 Å². The summed E-state index contributed by atoms with van der Waals surface area (Å²) in [5.41, 5.74) is 0.374. The Balaban J connectivity index is 3.05. The van der Waals surface area contributed by atoms with Crippen LogP contribution in [-0.4, -0.2) is 65.2 Å². The number of rotatable bonds is 13. The molecule has 0 amide bonds. The molecule has 3 atom stereocenters. The Labute approximate surface area is 164 Å². The second-order valence-electron chi connectivity index (χ2n) is 5.43. The number of methoxy groups -OCH3 is 3. The fraction of sp³-hybridized carbons (Fsp3) is 0.400. The third-order valence-corrected chi connectivity index (χ3v) is 3.51. The number of carbonyl (C=O) groups excluding carboxylic acids is 2. The van der Waals surface area contributed by atoms with Crippen molar-refractivity contribution in [2.24, 2.45) is 0 Å². The van der Waals surface area contributed by atoms with Gasteiger partial charge in [-0.1, -0.05) is 24.8 Å². The molecular formula is C20H26O8. The predicted molar refractivity (Wildman–Crippen MR) is 100 cm³/mol. The van der Waals surface area contributed by atoms with Gasteiger partial charge >= 0.3 is 11.9 Å². The van der Waals surface area contributed by atoms with E-state index in [1.54, 1.807) is 30.3 Å². The second kappa shape index (κ2) is 13.6. The average Bonchev–Trinajstić information content (AvgIpc) is 2.74. The molecule has 1 rings (SSSR count). The molecule has 28 heavy (non-hydrogen) atoms. The lowest BCUT2D eigenvalue weighted by Crippen LogP contribution is -2.42. The molecule has 1 aromatic carbocycles. The summed E-state index contributed by atoms with van der Waals surface area (Å²) in [6.07, 6.45) is 1.45. The van der Waals surface area contributed by atoms with Gasteiger partial charge in [0, 0.05) is 20.3 Å². The van der Waals surface area contributed by atoms with E-state index in [2.05, 4.69) is 11.3 Å². The molecular weight excluding hydrogens is 368 g/mol. The van der Waals surface area contributed by atoms with Gasteiger partial charge in [-0.25, -0.2) is 9.59 Å². The van der Waals surface area contributed by atoms with E-state index in [1.807, 2.05) is 0 Å². The molecule has 0 fully saturated rings. The molecule has 1 aromatic rings. The van der Waals surface area contributed by atoms with Crippen LogP contribution in [0.25, 0.3) is 0 Å². The van der Waals surface area contributed by atoms with Gasteiger partial charge in [0.15, 0.2) is 0 Å². The van der Waals surface area contributed by atoms with E-state index in [0.717, 1.165) is 0 Å². The Bertz CT molecular complexity index is 628. The topological polar surface area (TPSA) is 89.5 Å². The molecule has 0 radical (unpaired) electrons. The maximum Gasteiger partial charge on any atom is 0.338 e. The molecule has 154 valence electrons. The zero-order valence-corrected chi connectivity index (χ0v) is 16.2. The molecule has 8 nitrogen and oxygen atoms in total. The van der Waals surface area contributed by atoms with E-state index in [9.17, 15) is 9.59 Å². The first-order valence-corrected chi connectivity index (χ1v) is 8.43. The van der Waals surface area contributed by atoms with Crippen molar-refractivity contribution in [2.75, 3.05) is 34.9 Å². The number of hydrogen-bond donors (Lipinski definition) is 0. The summed E-state index contributed by atoms with van der Waals surface area (Å²) in [6, 6.07) is 8.50. The molecule has 0 saturated carbocycles. The lowest BCUT2D eigenvalue weighted by Gasteiger charge is -2.29. The summed E-state index contributed by atoms with van der Waals surface area (Å²) in [7, 11) is 4.16. The van der Waals surface area contributed by atoms with Crippen LogP contribution in [0.2, 0.25) is 0 Å². The first-order chi connectivity index (χ1) is 13.6. The standard InChI is InChI=1S/C20H26O8/c1-5-16(28-20(22)15-9-7-6-8-10-15)19(27-14-24-3)17(26-13-23-2)11-12-18(21)25-4/h5-12,16-17,19H,1,13-14H2,2-4H3/b12-11+/t16-,17+,19+/m1/s1. The van der Waals surface area contributed by atoms with Gasteiger partial charge in [-0.05, 0) is 24.3 Å². The van der Waals surface area contributed by atoms with Crippen LogP contribution < -0.4 is 0 Å². The van der Waals surface area contributed by atoms with Crippen molar-refractivity contribution in [1.29, 1.82) is 0 Å². The molecule has 0 aliphatic rings. The van der Waals surface area contributed by atoms with Crippen molar-refractivity contribution >= 4 is 11.9 Å². The Morgan fingerprint density at radius 2 is 1.64 bits per heavy atom. The van der Waals surface area contributed by atoms with Gasteiger partial charge < -0.3 is 28.4 Å². The third-order valence-electron chi connectivity index (χ3n) is 3.51. The largest absolute Gasteiger partial charge is 0.466 e. The summed E-state index contributed by atoms with van der Waals surface area (Å²) in [4.78, 5) is 23.9. The summed E-state index contributed by atoms with van der Waals surface area (Å²) in [5.74, 6) is -1.13. The zero-order valence-electron chi connectivity index (χ0n) is 16.2. The first kappa shape index (κ1) is 23.5. The first-order valence-electron chi connectivity index (χ1n) is 8.43. The fourth-order valence-electron chi connectivity index (χ4n) is 2.19. The van der Waals surface area contributed by atoms with Gasteiger partial charge in [-0.15, -0.1) is 0 Å². The maximum absolute atomic E-state index is 12.4. The van der Waals surface area contributed by atoms with Crippen LogP contribution in [-0.2, 0) is 33.2 Å². The number of hydrogen-bond acceptors (Lipinski definition) is 8. The maximum atomic E-state index is 12.4. The summed E-state index contributed by atoms with van der Waals surface area (Å²) >= 11 is 0. The Morgan fingerprint density at radius 1 is 1.00 bits per heavy atom. The summed E-state index contributed by atoms with van der Waals surface area (Å²) in [6.45, 7) is 3.53.